The fourth-order valence-electron chi connectivity index (χ4n) is 4.36. The lowest BCUT2D eigenvalue weighted by Crippen LogP contribution is -2.41. The molecular weight excluding hydrogens is 489 g/mol. The van der Waals surface area contributed by atoms with Crippen LogP contribution in [0, 0.1) is 5.82 Å². The molecule has 2 aliphatic heterocycles. The summed E-state index contributed by atoms with van der Waals surface area (Å²) < 4.78 is 40.0. The van der Waals surface area contributed by atoms with Gasteiger partial charge in [0.1, 0.15) is 0 Å². The van der Waals surface area contributed by atoms with Gasteiger partial charge in [0.05, 0.1) is 22.4 Å². The quantitative estimate of drug-likeness (QED) is 0.570. The lowest BCUT2D eigenvalue weighted by Gasteiger charge is -2.32. The Bertz CT molecular complexity index is 1290. The van der Waals surface area contributed by atoms with E-state index < -0.39 is 36.8 Å². The Morgan fingerprint density at radius 1 is 0.711 bits per heavy atom. The molecule has 206 valence electrons. The third-order valence-electron chi connectivity index (χ3n) is 8.46. The smallest absolute Gasteiger partial charge is 0.399 e. The maximum Gasteiger partial charge on any atom is 0.496 e. The topological polar surface area (TPSA) is 80.9 Å². The highest BCUT2D eigenvalue weighted by Crippen LogP contribution is 2.39. The summed E-state index contributed by atoms with van der Waals surface area (Å²) in [4.78, 5) is 23.5. The number of nitrogens with zero attached hydrogens (tertiary/aromatic N) is 2. The van der Waals surface area contributed by atoms with Crippen molar-refractivity contribution in [2.24, 2.45) is 14.1 Å². The second-order valence-electron chi connectivity index (χ2n) is 12.6. The molecule has 0 aromatic carbocycles. The molecule has 0 radical (unpaired) electrons. The standard InChI is InChI=1S/C15H22BNO3.C12H17BFNO3/c1-14(2)15(3,4)20-16(19-14)11-8-12(10-6-7-10)13(18)17(5)9-11;1-11(2)12(3,4)18-13(17-11)8-6-9(14)10(16)15(5)7-8/h8-10H,6-7H2,1-5H3;6-7H,1-5H3. The zero-order chi connectivity index (χ0) is 28.4. The van der Waals surface area contributed by atoms with Crippen LogP contribution in [0.5, 0.6) is 0 Å². The fourth-order valence-corrected chi connectivity index (χ4v) is 4.36. The van der Waals surface area contributed by atoms with E-state index in [1.807, 2.05) is 67.7 Å². The summed E-state index contributed by atoms with van der Waals surface area (Å²) >= 11 is 0. The highest BCUT2D eigenvalue weighted by Gasteiger charge is 2.53. The van der Waals surface area contributed by atoms with E-state index >= 15 is 0 Å². The van der Waals surface area contributed by atoms with Crippen molar-refractivity contribution in [1.29, 1.82) is 0 Å². The molecule has 2 saturated heterocycles. The van der Waals surface area contributed by atoms with E-state index in [9.17, 15) is 14.0 Å². The van der Waals surface area contributed by atoms with Gasteiger partial charge < -0.3 is 27.8 Å². The number of rotatable bonds is 3. The summed E-state index contributed by atoms with van der Waals surface area (Å²) in [5, 5.41) is 0. The molecule has 0 bridgehead atoms. The van der Waals surface area contributed by atoms with Gasteiger partial charge in [-0.25, -0.2) is 4.39 Å². The van der Waals surface area contributed by atoms with E-state index in [0.29, 0.717) is 11.4 Å². The first-order valence-electron chi connectivity index (χ1n) is 13.1. The SMILES string of the molecule is Cn1cc(B2OC(C)(C)C(C)(C)O2)cc(C2CC2)c1=O.Cn1cc(B2OC(C)(C)C(C)(C)O2)cc(F)c1=O. The minimum Gasteiger partial charge on any atom is -0.399 e. The first kappa shape index (κ1) is 28.8. The van der Waals surface area contributed by atoms with Crippen molar-refractivity contribution in [3.05, 3.63) is 56.6 Å². The van der Waals surface area contributed by atoms with Crippen LogP contribution >= 0.6 is 0 Å². The van der Waals surface area contributed by atoms with Gasteiger partial charge >= 0.3 is 14.2 Å². The molecule has 3 fully saturated rings. The van der Waals surface area contributed by atoms with Crippen molar-refractivity contribution in [2.45, 2.75) is 96.6 Å². The molecular formula is C27H39B2FN2O6. The van der Waals surface area contributed by atoms with Gasteiger partial charge in [0.15, 0.2) is 5.82 Å². The van der Waals surface area contributed by atoms with E-state index in [2.05, 4.69) is 0 Å². The summed E-state index contributed by atoms with van der Waals surface area (Å²) in [5.41, 5.74) is 0.118. The molecule has 0 atom stereocenters. The molecule has 1 saturated carbocycles. The van der Waals surface area contributed by atoms with Crippen molar-refractivity contribution < 1.29 is 23.0 Å². The highest BCUT2D eigenvalue weighted by atomic mass is 19.1. The van der Waals surface area contributed by atoms with Crippen molar-refractivity contribution in [3.8, 4) is 0 Å². The summed E-state index contributed by atoms with van der Waals surface area (Å²) in [6.45, 7) is 15.8. The van der Waals surface area contributed by atoms with Crippen LogP contribution < -0.4 is 22.0 Å². The van der Waals surface area contributed by atoms with Crippen LogP contribution in [0.4, 0.5) is 4.39 Å². The number of aromatic nitrogens is 2. The van der Waals surface area contributed by atoms with Gasteiger partial charge in [0.2, 0.25) is 0 Å². The Kier molecular flexibility index (Phi) is 7.18. The van der Waals surface area contributed by atoms with Crippen LogP contribution in [0.15, 0.2) is 34.1 Å². The first-order valence-corrected chi connectivity index (χ1v) is 13.1. The Balaban J connectivity index is 0.000000178. The fraction of sp³-hybridized carbons (Fsp3) is 0.630. The molecule has 2 aromatic heterocycles. The van der Waals surface area contributed by atoms with Gasteiger partial charge in [0, 0.05) is 37.5 Å². The number of aryl methyl sites for hydroxylation is 2. The van der Waals surface area contributed by atoms with Gasteiger partial charge in [-0.3, -0.25) is 9.59 Å². The summed E-state index contributed by atoms with van der Waals surface area (Å²) in [7, 11) is 2.24. The maximum absolute atomic E-state index is 13.4. The number of hydrogen-bond donors (Lipinski definition) is 0. The molecule has 2 aromatic rings. The first-order chi connectivity index (χ1) is 17.3. The van der Waals surface area contributed by atoms with Crippen molar-refractivity contribution >= 4 is 25.2 Å². The average Bonchev–Trinajstić information content (AvgIpc) is 3.55. The monoisotopic (exact) mass is 528 g/mol. The van der Waals surface area contributed by atoms with Crippen molar-refractivity contribution in [2.75, 3.05) is 0 Å². The normalized spacial score (nSPS) is 22.8. The molecule has 11 heteroatoms. The Hall–Kier alpha value is -2.20. The van der Waals surface area contributed by atoms with Crippen LogP contribution in [0.3, 0.4) is 0 Å². The van der Waals surface area contributed by atoms with E-state index in [1.54, 1.807) is 11.6 Å². The van der Waals surface area contributed by atoms with E-state index in [4.69, 9.17) is 18.6 Å². The molecule has 0 N–H and O–H groups in total. The third-order valence-corrected chi connectivity index (χ3v) is 8.46. The minimum atomic E-state index is -0.801. The molecule has 8 nitrogen and oxygen atoms in total. The minimum absolute atomic E-state index is 0.104. The highest BCUT2D eigenvalue weighted by molar-refractivity contribution is 6.62. The predicted octanol–water partition coefficient (Wildman–Crippen LogP) is 2.39. The van der Waals surface area contributed by atoms with E-state index in [1.165, 1.54) is 23.9 Å². The molecule has 0 amide bonds. The number of pyridine rings is 2. The predicted molar refractivity (Wildman–Crippen MR) is 147 cm³/mol. The second-order valence-corrected chi connectivity index (χ2v) is 12.6. The van der Waals surface area contributed by atoms with Crippen molar-refractivity contribution in [1.82, 2.24) is 9.13 Å². The van der Waals surface area contributed by atoms with Gasteiger partial charge in [0.25, 0.3) is 11.1 Å². The Morgan fingerprint density at radius 3 is 1.45 bits per heavy atom. The van der Waals surface area contributed by atoms with E-state index in [-0.39, 0.29) is 16.8 Å². The molecule has 1 aliphatic carbocycles. The maximum atomic E-state index is 13.4. The molecule has 0 unspecified atom stereocenters. The van der Waals surface area contributed by atoms with Gasteiger partial charge in [-0.1, -0.05) is 6.07 Å². The largest absolute Gasteiger partial charge is 0.496 e. The Morgan fingerprint density at radius 2 is 1.08 bits per heavy atom. The van der Waals surface area contributed by atoms with Crippen LogP contribution in [0.25, 0.3) is 0 Å². The lowest BCUT2D eigenvalue weighted by atomic mass is 9.79. The van der Waals surface area contributed by atoms with Gasteiger partial charge in [-0.05, 0) is 85.7 Å². The summed E-state index contributed by atoms with van der Waals surface area (Å²) in [5.74, 6) is -0.374. The Labute approximate surface area is 224 Å². The summed E-state index contributed by atoms with van der Waals surface area (Å²) in [6.07, 6.45) is 5.59. The van der Waals surface area contributed by atoms with Crippen molar-refractivity contribution in [3.63, 3.8) is 0 Å². The lowest BCUT2D eigenvalue weighted by molar-refractivity contribution is 0.00578. The van der Waals surface area contributed by atoms with E-state index in [0.717, 1.165) is 23.9 Å². The molecule has 5 rings (SSSR count). The van der Waals surface area contributed by atoms with Crippen LogP contribution in [-0.2, 0) is 32.7 Å². The summed E-state index contributed by atoms with van der Waals surface area (Å²) in [6, 6.07) is 3.15. The zero-order valence-electron chi connectivity index (χ0n) is 24.2. The second kappa shape index (κ2) is 9.47. The molecule has 3 aliphatic rings. The molecule has 4 heterocycles. The average molecular weight is 528 g/mol. The van der Waals surface area contributed by atoms with Crippen LogP contribution in [0.1, 0.15) is 79.7 Å². The third kappa shape index (κ3) is 5.30. The number of halogens is 1. The number of hydrogen-bond acceptors (Lipinski definition) is 6. The molecule has 38 heavy (non-hydrogen) atoms. The zero-order valence-corrected chi connectivity index (χ0v) is 24.2. The van der Waals surface area contributed by atoms with Crippen LogP contribution in [0.2, 0.25) is 0 Å². The van der Waals surface area contributed by atoms with Gasteiger partial charge in [-0.15, -0.1) is 0 Å². The van der Waals surface area contributed by atoms with Crippen LogP contribution in [-0.4, -0.2) is 45.8 Å². The molecule has 0 spiro atoms. The van der Waals surface area contributed by atoms with Gasteiger partial charge in [-0.2, -0.15) is 0 Å².